The molecule has 2 saturated carbocycles. The highest BCUT2D eigenvalue weighted by molar-refractivity contribution is 6.06. The molecule has 1 heterocycles. The van der Waals surface area contributed by atoms with Crippen LogP contribution in [0.1, 0.15) is 39.0 Å². The molecule has 1 aliphatic heterocycles. The normalized spacial score (nSPS) is 46.8. The van der Waals surface area contributed by atoms with Crippen LogP contribution in [0, 0.1) is 17.8 Å². The molecule has 0 amide bonds. The first-order chi connectivity index (χ1) is 7.58. The summed E-state index contributed by atoms with van der Waals surface area (Å²) in [6, 6.07) is 0. The Balaban J connectivity index is 1.86. The number of rotatable bonds is 0. The lowest BCUT2D eigenvalue weighted by Gasteiger charge is -2.46. The highest BCUT2D eigenvalue weighted by Gasteiger charge is 2.51. The summed E-state index contributed by atoms with van der Waals surface area (Å²) in [7, 11) is 0. The second-order valence-electron chi connectivity index (χ2n) is 5.64. The van der Waals surface area contributed by atoms with Crippen LogP contribution in [0.5, 0.6) is 0 Å². The molecule has 3 rings (SSSR count). The van der Waals surface area contributed by atoms with Crippen molar-refractivity contribution in [3.05, 3.63) is 0 Å². The monoisotopic (exact) mass is 223 g/mol. The van der Waals surface area contributed by atoms with Crippen LogP contribution in [0.25, 0.3) is 0 Å². The van der Waals surface area contributed by atoms with E-state index in [1.165, 1.54) is 0 Å². The van der Waals surface area contributed by atoms with E-state index in [1.54, 1.807) is 0 Å². The quantitative estimate of drug-likeness (QED) is 0.633. The molecule has 4 heteroatoms. The minimum Gasteiger partial charge on any atom is -0.389 e. The lowest BCUT2D eigenvalue weighted by Crippen LogP contribution is -2.50. The molecule has 4 nitrogen and oxygen atoms in total. The fraction of sp³-hybridized carbons (Fsp3) is 0.833. The highest BCUT2D eigenvalue weighted by Crippen LogP contribution is 2.47. The van der Waals surface area contributed by atoms with Gasteiger partial charge >= 0.3 is 5.97 Å². The first kappa shape index (κ1) is 10.3. The number of aliphatic hydroxyl groups is 1. The molecule has 16 heavy (non-hydrogen) atoms. The second-order valence-corrected chi connectivity index (χ2v) is 5.64. The number of hydrogen-bond acceptors (Lipinski definition) is 4. The summed E-state index contributed by atoms with van der Waals surface area (Å²) in [5, 5.41) is 14.4. The number of carbonyl (C=O) groups excluding carboxylic acids is 1. The van der Waals surface area contributed by atoms with Gasteiger partial charge in [-0.05, 0) is 37.5 Å². The zero-order chi connectivity index (χ0) is 11.3. The van der Waals surface area contributed by atoms with E-state index in [4.69, 9.17) is 4.84 Å². The zero-order valence-corrected chi connectivity index (χ0v) is 9.48. The smallest absolute Gasteiger partial charge is 0.343 e. The van der Waals surface area contributed by atoms with Gasteiger partial charge in [-0.3, -0.25) is 0 Å². The minimum absolute atomic E-state index is 0.171. The topological polar surface area (TPSA) is 58.9 Å². The first-order valence-electron chi connectivity index (χ1n) is 6.08. The lowest BCUT2D eigenvalue weighted by molar-refractivity contribution is -0.145. The predicted molar refractivity (Wildman–Crippen MR) is 57.7 cm³/mol. The molecule has 4 unspecified atom stereocenters. The standard InChI is InChI=1S/C12H17NO3/c1-7-2-3-12(15)6-10-9(5-8(12)4-7)11(14)16-13-10/h7-9,15H,2-6H2,1H3. The zero-order valence-electron chi connectivity index (χ0n) is 9.48. The van der Waals surface area contributed by atoms with Gasteiger partial charge in [0.2, 0.25) is 0 Å². The van der Waals surface area contributed by atoms with E-state index in [-0.39, 0.29) is 17.8 Å². The number of nitrogens with zero attached hydrogens (tertiary/aromatic N) is 1. The van der Waals surface area contributed by atoms with Gasteiger partial charge in [-0.1, -0.05) is 12.1 Å². The van der Waals surface area contributed by atoms with Gasteiger partial charge in [0.05, 0.1) is 11.3 Å². The molecule has 0 aromatic heterocycles. The highest BCUT2D eigenvalue weighted by atomic mass is 16.7. The average Bonchev–Trinajstić information content (AvgIpc) is 2.58. The van der Waals surface area contributed by atoms with Crippen molar-refractivity contribution in [2.24, 2.45) is 22.9 Å². The molecule has 3 aliphatic rings. The summed E-state index contributed by atoms with van der Waals surface area (Å²) in [6.45, 7) is 2.22. The number of hydrogen-bond donors (Lipinski definition) is 1. The summed E-state index contributed by atoms with van der Waals surface area (Å²) in [5.41, 5.74) is 0.133. The van der Waals surface area contributed by atoms with Crippen LogP contribution in [-0.2, 0) is 9.63 Å². The summed E-state index contributed by atoms with van der Waals surface area (Å²) in [5.74, 6) is 0.498. The van der Waals surface area contributed by atoms with Crippen LogP contribution in [0.2, 0.25) is 0 Å². The molecule has 0 aromatic carbocycles. The summed E-state index contributed by atoms with van der Waals surface area (Å²) < 4.78 is 0. The van der Waals surface area contributed by atoms with E-state index >= 15 is 0 Å². The predicted octanol–water partition coefficient (Wildman–Crippen LogP) is 1.48. The number of carbonyl (C=O) groups is 1. The Hall–Kier alpha value is -0.900. The fourth-order valence-corrected chi connectivity index (χ4v) is 3.42. The van der Waals surface area contributed by atoms with Gasteiger partial charge < -0.3 is 9.94 Å². The van der Waals surface area contributed by atoms with E-state index in [0.29, 0.717) is 12.3 Å². The largest absolute Gasteiger partial charge is 0.389 e. The Kier molecular flexibility index (Phi) is 2.11. The molecule has 2 fully saturated rings. The molecule has 0 radical (unpaired) electrons. The lowest BCUT2D eigenvalue weighted by atomic mass is 9.62. The van der Waals surface area contributed by atoms with Gasteiger partial charge in [0.25, 0.3) is 0 Å². The second kappa shape index (κ2) is 3.29. The maximum absolute atomic E-state index is 11.5. The van der Waals surface area contributed by atoms with Gasteiger partial charge in [-0.25, -0.2) is 4.79 Å². The third kappa shape index (κ3) is 1.39. The van der Waals surface area contributed by atoms with Crippen LogP contribution >= 0.6 is 0 Å². The van der Waals surface area contributed by atoms with Gasteiger partial charge in [0.1, 0.15) is 5.92 Å². The van der Waals surface area contributed by atoms with Crippen molar-refractivity contribution in [3.8, 4) is 0 Å². The molecule has 0 aromatic rings. The van der Waals surface area contributed by atoms with Crippen molar-refractivity contribution in [1.82, 2.24) is 0 Å². The van der Waals surface area contributed by atoms with Crippen molar-refractivity contribution < 1.29 is 14.7 Å². The molecule has 0 bridgehead atoms. The van der Waals surface area contributed by atoms with Crippen LogP contribution in [0.4, 0.5) is 0 Å². The fourth-order valence-electron chi connectivity index (χ4n) is 3.42. The molecule has 2 aliphatic carbocycles. The van der Waals surface area contributed by atoms with Gasteiger partial charge in [-0.15, -0.1) is 0 Å². The average molecular weight is 223 g/mol. The van der Waals surface area contributed by atoms with Crippen molar-refractivity contribution in [1.29, 1.82) is 0 Å². The van der Waals surface area contributed by atoms with Crippen molar-refractivity contribution >= 4 is 11.7 Å². The third-order valence-electron chi connectivity index (χ3n) is 4.46. The van der Waals surface area contributed by atoms with Crippen molar-refractivity contribution in [2.75, 3.05) is 0 Å². The third-order valence-corrected chi connectivity index (χ3v) is 4.46. The maximum Gasteiger partial charge on any atom is 0.343 e. The van der Waals surface area contributed by atoms with Crippen molar-refractivity contribution in [3.63, 3.8) is 0 Å². The van der Waals surface area contributed by atoms with Crippen LogP contribution < -0.4 is 0 Å². The Morgan fingerprint density at radius 2 is 2.31 bits per heavy atom. The molecule has 0 spiro atoms. The summed E-state index contributed by atoms with van der Waals surface area (Å²) in [6.07, 6.45) is 4.17. The first-order valence-corrected chi connectivity index (χ1v) is 6.08. The Labute approximate surface area is 94.7 Å². The molecule has 0 saturated heterocycles. The summed E-state index contributed by atoms with van der Waals surface area (Å²) >= 11 is 0. The maximum atomic E-state index is 11.5. The van der Waals surface area contributed by atoms with E-state index in [1.807, 2.05) is 0 Å². The molecule has 1 N–H and O–H groups in total. The molecular weight excluding hydrogens is 206 g/mol. The van der Waals surface area contributed by atoms with E-state index in [9.17, 15) is 9.90 Å². The number of oxime groups is 1. The van der Waals surface area contributed by atoms with Gasteiger partial charge in [-0.2, -0.15) is 0 Å². The van der Waals surface area contributed by atoms with Crippen molar-refractivity contribution in [2.45, 2.75) is 44.6 Å². The SMILES string of the molecule is CC1CCC2(O)CC3=NOC(=O)C3CC2C1. The minimum atomic E-state index is -0.629. The van der Waals surface area contributed by atoms with Crippen LogP contribution in [-0.4, -0.2) is 22.4 Å². The Bertz CT molecular complexity index is 365. The van der Waals surface area contributed by atoms with E-state index < -0.39 is 5.60 Å². The molecule has 4 atom stereocenters. The Morgan fingerprint density at radius 1 is 1.50 bits per heavy atom. The van der Waals surface area contributed by atoms with Gasteiger partial charge in [0.15, 0.2) is 0 Å². The van der Waals surface area contributed by atoms with Crippen LogP contribution in [0.3, 0.4) is 0 Å². The van der Waals surface area contributed by atoms with Crippen LogP contribution in [0.15, 0.2) is 5.16 Å². The Morgan fingerprint density at radius 3 is 3.12 bits per heavy atom. The molecular formula is C12H17NO3. The van der Waals surface area contributed by atoms with E-state index in [0.717, 1.165) is 31.4 Å². The number of fused-ring (bicyclic) bond motifs is 2. The molecule has 88 valence electrons. The summed E-state index contributed by atoms with van der Waals surface area (Å²) in [4.78, 5) is 16.2. The van der Waals surface area contributed by atoms with Gasteiger partial charge in [0, 0.05) is 6.42 Å². The van der Waals surface area contributed by atoms with E-state index in [2.05, 4.69) is 12.1 Å².